The highest BCUT2D eigenvalue weighted by molar-refractivity contribution is 9.10. The number of hydrogen-bond acceptors (Lipinski definition) is 3. The van der Waals surface area contributed by atoms with E-state index in [4.69, 9.17) is 4.74 Å². The van der Waals surface area contributed by atoms with E-state index in [1.54, 1.807) is 13.0 Å². The van der Waals surface area contributed by atoms with Gasteiger partial charge in [0.2, 0.25) is 5.91 Å². The molecule has 0 saturated heterocycles. The van der Waals surface area contributed by atoms with Gasteiger partial charge in [-0.05, 0) is 65.4 Å². The van der Waals surface area contributed by atoms with Gasteiger partial charge in [0.05, 0.1) is 5.56 Å². The van der Waals surface area contributed by atoms with Crippen molar-refractivity contribution >= 4 is 35.9 Å². The van der Waals surface area contributed by atoms with E-state index in [1.807, 2.05) is 41.3 Å². The third-order valence-electron chi connectivity index (χ3n) is 8.29. The van der Waals surface area contributed by atoms with Crippen molar-refractivity contribution in [2.75, 3.05) is 0 Å². The number of amides is 1. The monoisotopic (exact) mass is 659 g/mol. The van der Waals surface area contributed by atoms with E-state index in [0.29, 0.717) is 35.3 Å². The van der Waals surface area contributed by atoms with Crippen molar-refractivity contribution in [1.29, 1.82) is 0 Å². The van der Waals surface area contributed by atoms with E-state index in [2.05, 4.69) is 101 Å². The Bertz CT molecular complexity index is 1460. The summed E-state index contributed by atoms with van der Waals surface area (Å²) in [6, 6.07) is 19.8. The molecule has 0 aliphatic rings. The van der Waals surface area contributed by atoms with Gasteiger partial charge in [0.1, 0.15) is 14.7 Å². The van der Waals surface area contributed by atoms with Gasteiger partial charge in [-0.2, -0.15) is 0 Å². The molecule has 1 amide bonds. The van der Waals surface area contributed by atoms with Crippen LogP contribution >= 0.6 is 15.9 Å². The first-order valence-electron chi connectivity index (χ1n) is 15.1. The van der Waals surface area contributed by atoms with Gasteiger partial charge >= 0.3 is 5.97 Å². The SMILES string of the molecule is CC(=O)N(Cc1ccc(COC(=O)c2cc(Br)cc(C#C[Si](C(C)C)(C(C)C)C(C)C)c2)cc1)Cc1cc(C)cc(C)c1. The Labute approximate surface area is 268 Å². The summed E-state index contributed by atoms with van der Waals surface area (Å²) in [7, 11) is -1.89. The number of benzene rings is 3. The van der Waals surface area contributed by atoms with Gasteiger partial charge in [-0.15, -0.1) is 5.54 Å². The van der Waals surface area contributed by atoms with Crippen molar-refractivity contribution in [2.24, 2.45) is 0 Å². The highest BCUT2D eigenvalue weighted by Crippen LogP contribution is 2.40. The topological polar surface area (TPSA) is 46.6 Å². The van der Waals surface area contributed by atoms with Gasteiger partial charge < -0.3 is 9.64 Å². The molecule has 3 aromatic carbocycles. The molecule has 0 bridgehead atoms. The minimum atomic E-state index is -1.89. The zero-order chi connectivity index (χ0) is 31.9. The molecule has 3 aromatic rings. The van der Waals surface area contributed by atoms with Crippen LogP contribution in [0.25, 0.3) is 0 Å². The first-order valence-corrected chi connectivity index (χ1v) is 18.1. The van der Waals surface area contributed by atoms with Crippen LogP contribution in [0.2, 0.25) is 16.6 Å². The summed E-state index contributed by atoms with van der Waals surface area (Å²) in [6.45, 7) is 20.8. The average Bonchev–Trinajstić information content (AvgIpc) is 2.91. The lowest BCUT2D eigenvalue weighted by molar-refractivity contribution is -0.130. The average molecular weight is 661 g/mol. The molecule has 0 aliphatic carbocycles. The summed E-state index contributed by atoms with van der Waals surface area (Å²) in [5, 5.41) is 0. The van der Waals surface area contributed by atoms with E-state index >= 15 is 0 Å². The molecule has 0 saturated carbocycles. The number of esters is 1. The number of carbonyl (C=O) groups is 2. The molecule has 0 aliphatic heterocycles. The number of ether oxygens (including phenoxy) is 1. The van der Waals surface area contributed by atoms with Crippen LogP contribution in [0, 0.1) is 25.3 Å². The summed E-state index contributed by atoms with van der Waals surface area (Å²) in [4.78, 5) is 27.3. The van der Waals surface area contributed by atoms with E-state index in [9.17, 15) is 9.59 Å². The van der Waals surface area contributed by atoms with Gasteiger partial charge in [-0.1, -0.05) is 117 Å². The molecule has 0 radical (unpaired) electrons. The van der Waals surface area contributed by atoms with Crippen molar-refractivity contribution in [3.63, 3.8) is 0 Å². The second kappa shape index (κ2) is 15.0. The molecule has 0 atom stereocenters. The Morgan fingerprint density at radius 1 is 0.791 bits per heavy atom. The fourth-order valence-corrected chi connectivity index (χ4v) is 12.0. The minimum absolute atomic E-state index is 0.0286. The maximum absolute atomic E-state index is 13.0. The van der Waals surface area contributed by atoms with E-state index < -0.39 is 8.07 Å². The first kappa shape index (κ1) is 34.3. The normalized spacial score (nSPS) is 11.5. The molecular weight excluding hydrogens is 614 g/mol. The molecule has 0 N–H and O–H groups in total. The van der Waals surface area contributed by atoms with Gasteiger partial charge in [0.15, 0.2) is 0 Å². The lowest BCUT2D eigenvalue weighted by atomic mass is 10.1. The Hall–Kier alpha value is -3.14. The van der Waals surface area contributed by atoms with Crippen LogP contribution in [0.5, 0.6) is 0 Å². The smallest absolute Gasteiger partial charge is 0.338 e. The first-order chi connectivity index (χ1) is 20.2. The number of carbonyl (C=O) groups excluding carboxylic acids is 2. The number of hydrogen-bond donors (Lipinski definition) is 0. The number of rotatable bonds is 10. The van der Waals surface area contributed by atoms with Gasteiger partial charge in [0, 0.05) is 30.0 Å². The molecule has 3 rings (SSSR count). The predicted octanol–water partition coefficient (Wildman–Crippen LogP) is 9.54. The van der Waals surface area contributed by atoms with Crippen LogP contribution in [-0.2, 0) is 29.2 Å². The minimum Gasteiger partial charge on any atom is -0.457 e. The van der Waals surface area contributed by atoms with Gasteiger partial charge in [-0.3, -0.25) is 4.79 Å². The van der Waals surface area contributed by atoms with Crippen LogP contribution in [0.4, 0.5) is 0 Å². The second-order valence-corrected chi connectivity index (χ2v) is 19.1. The molecule has 6 heteroatoms. The third kappa shape index (κ3) is 9.17. The third-order valence-corrected chi connectivity index (χ3v) is 15.0. The largest absolute Gasteiger partial charge is 0.457 e. The summed E-state index contributed by atoms with van der Waals surface area (Å²) in [5.41, 5.74) is 12.0. The zero-order valence-electron chi connectivity index (χ0n) is 27.2. The molecule has 43 heavy (non-hydrogen) atoms. The standard InChI is InChI=1S/C37H46BrNO3Si/c1-25(2)43(26(3)4,27(5)6)15-14-33-19-35(21-36(38)20-33)37(41)42-24-32-12-10-31(11-13-32)22-39(30(9)40)23-34-17-28(7)16-29(8)18-34/h10-13,16-21,25-27H,22-24H2,1-9H3. The lowest BCUT2D eigenvalue weighted by Crippen LogP contribution is -2.43. The van der Waals surface area contributed by atoms with Crippen molar-refractivity contribution in [3.8, 4) is 11.5 Å². The Morgan fingerprint density at radius 2 is 1.33 bits per heavy atom. The molecule has 0 fully saturated rings. The Kier molecular flexibility index (Phi) is 12.0. The summed E-state index contributed by atoms with van der Waals surface area (Å²) in [6.07, 6.45) is 0. The molecular formula is C37H46BrNO3Si. The van der Waals surface area contributed by atoms with Crippen LogP contribution < -0.4 is 0 Å². The van der Waals surface area contributed by atoms with Crippen LogP contribution in [0.3, 0.4) is 0 Å². The van der Waals surface area contributed by atoms with Crippen LogP contribution in [-0.4, -0.2) is 24.9 Å². The fourth-order valence-electron chi connectivity index (χ4n) is 6.25. The zero-order valence-corrected chi connectivity index (χ0v) is 29.8. The van der Waals surface area contributed by atoms with Crippen molar-refractivity contribution in [2.45, 2.75) is 98.6 Å². The van der Waals surface area contributed by atoms with E-state index in [-0.39, 0.29) is 18.5 Å². The van der Waals surface area contributed by atoms with E-state index in [1.165, 1.54) is 11.1 Å². The fraction of sp³-hybridized carbons (Fsp3) is 0.405. The van der Waals surface area contributed by atoms with Crippen molar-refractivity contribution in [3.05, 3.63) is 104 Å². The van der Waals surface area contributed by atoms with Gasteiger partial charge in [-0.25, -0.2) is 4.79 Å². The molecule has 0 spiro atoms. The van der Waals surface area contributed by atoms with E-state index in [0.717, 1.165) is 26.7 Å². The highest BCUT2D eigenvalue weighted by atomic mass is 79.9. The maximum Gasteiger partial charge on any atom is 0.338 e. The van der Waals surface area contributed by atoms with Gasteiger partial charge in [0.25, 0.3) is 0 Å². The summed E-state index contributed by atoms with van der Waals surface area (Å²) in [5.74, 6) is 3.08. The molecule has 0 unspecified atom stereocenters. The summed E-state index contributed by atoms with van der Waals surface area (Å²) < 4.78 is 6.48. The Morgan fingerprint density at radius 3 is 1.86 bits per heavy atom. The second-order valence-electron chi connectivity index (χ2n) is 12.6. The van der Waals surface area contributed by atoms with Crippen LogP contribution in [0.1, 0.15) is 92.2 Å². The maximum atomic E-state index is 13.0. The quantitative estimate of drug-likeness (QED) is 0.124. The number of aryl methyl sites for hydroxylation is 2. The predicted molar refractivity (Wildman–Crippen MR) is 183 cm³/mol. The van der Waals surface area contributed by atoms with Crippen LogP contribution in [0.15, 0.2) is 65.1 Å². The van der Waals surface area contributed by atoms with Crippen molar-refractivity contribution < 1.29 is 14.3 Å². The Balaban J connectivity index is 1.68. The molecule has 0 heterocycles. The highest BCUT2D eigenvalue weighted by Gasteiger charge is 2.41. The lowest BCUT2D eigenvalue weighted by Gasteiger charge is -2.38. The number of nitrogens with zero attached hydrogens (tertiary/aromatic N) is 1. The molecule has 4 nitrogen and oxygen atoms in total. The molecule has 0 aromatic heterocycles. The number of halogens is 1. The van der Waals surface area contributed by atoms with Crippen molar-refractivity contribution in [1.82, 2.24) is 4.90 Å². The molecule has 228 valence electrons. The summed E-state index contributed by atoms with van der Waals surface area (Å²) >= 11 is 3.56.